The highest BCUT2D eigenvalue weighted by Gasteiger charge is 2.34. The molecule has 1 fully saturated rings. The molecule has 1 aliphatic carbocycles. The maximum Gasteiger partial charge on any atom is 0.261 e. The summed E-state index contributed by atoms with van der Waals surface area (Å²) < 4.78 is 0. The highest BCUT2D eigenvalue weighted by Crippen LogP contribution is 2.38. The number of nitrogens with zero attached hydrogens (tertiary/aromatic N) is 1. The van der Waals surface area contributed by atoms with Gasteiger partial charge in [-0.3, -0.25) is 9.69 Å². The number of nitrogens with one attached hydrogen (secondary N) is 1. The van der Waals surface area contributed by atoms with Crippen LogP contribution in [-0.2, 0) is 13.1 Å². The van der Waals surface area contributed by atoms with Crippen LogP contribution in [0, 0.1) is 0 Å². The number of amides is 1. The summed E-state index contributed by atoms with van der Waals surface area (Å²) in [5.41, 5.74) is 1.38. The van der Waals surface area contributed by atoms with Crippen LogP contribution in [0.2, 0.25) is 0 Å². The summed E-state index contributed by atoms with van der Waals surface area (Å²) in [4.78, 5) is 16.8. The van der Waals surface area contributed by atoms with Crippen LogP contribution < -0.4 is 5.32 Å². The molecular weight excluding hydrogens is 244 g/mol. The zero-order valence-electron chi connectivity index (χ0n) is 10.9. The maximum atomic E-state index is 11.9. The lowest BCUT2D eigenvalue weighted by Crippen LogP contribution is -2.23. The first-order valence-corrected chi connectivity index (χ1v) is 7.73. The molecule has 1 aromatic rings. The molecule has 1 N–H and O–H groups in total. The number of carbonyl (C=O) groups excluding carboxylic acids is 1. The number of carbonyl (C=O) groups is 1. The molecule has 1 aromatic heterocycles. The highest BCUT2D eigenvalue weighted by molar-refractivity contribution is 7.14. The number of hydrogen-bond donors (Lipinski definition) is 1. The SMILES string of the molecule is CCCCNC(=O)c1cc2c(s1)CN(C1CC1)C2. The smallest absolute Gasteiger partial charge is 0.261 e. The van der Waals surface area contributed by atoms with Gasteiger partial charge in [-0.2, -0.15) is 0 Å². The molecule has 1 aliphatic heterocycles. The van der Waals surface area contributed by atoms with Crippen molar-refractivity contribution >= 4 is 17.2 Å². The molecule has 0 aromatic carbocycles. The quantitative estimate of drug-likeness (QED) is 0.829. The fourth-order valence-corrected chi connectivity index (χ4v) is 3.59. The van der Waals surface area contributed by atoms with Crippen molar-refractivity contribution in [3.8, 4) is 0 Å². The second kappa shape index (κ2) is 5.02. The molecule has 98 valence electrons. The summed E-state index contributed by atoms with van der Waals surface area (Å²) in [6.45, 7) is 5.05. The Morgan fingerprint density at radius 1 is 1.50 bits per heavy atom. The minimum atomic E-state index is 0.112. The molecule has 0 bridgehead atoms. The number of rotatable bonds is 5. The molecule has 0 spiro atoms. The maximum absolute atomic E-state index is 11.9. The molecule has 1 amide bonds. The van der Waals surface area contributed by atoms with Gasteiger partial charge in [0.1, 0.15) is 0 Å². The third-order valence-electron chi connectivity index (χ3n) is 3.72. The van der Waals surface area contributed by atoms with E-state index in [0.29, 0.717) is 0 Å². The van der Waals surface area contributed by atoms with E-state index < -0.39 is 0 Å². The van der Waals surface area contributed by atoms with E-state index >= 15 is 0 Å². The second-order valence-electron chi connectivity index (χ2n) is 5.30. The largest absolute Gasteiger partial charge is 0.351 e. The molecular formula is C14H20N2OS. The van der Waals surface area contributed by atoms with Crippen LogP contribution in [0.4, 0.5) is 0 Å². The Balaban J connectivity index is 1.59. The van der Waals surface area contributed by atoms with Crippen LogP contribution in [0.25, 0.3) is 0 Å². The lowest BCUT2D eigenvalue weighted by Gasteiger charge is -2.12. The predicted molar refractivity (Wildman–Crippen MR) is 73.8 cm³/mol. The predicted octanol–water partition coefficient (Wildman–Crippen LogP) is 2.76. The number of thiophene rings is 1. The lowest BCUT2D eigenvalue weighted by molar-refractivity contribution is 0.0957. The lowest BCUT2D eigenvalue weighted by atomic mass is 10.2. The van der Waals surface area contributed by atoms with Crippen LogP contribution >= 0.6 is 11.3 Å². The van der Waals surface area contributed by atoms with Crippen molar-refractivity contribution in [1.82, 2.24) is 10.2 Å². The molecule has 3 rings (SSSR count). The zero-order chi connectivity index (χ0) is 12.5. The van der Waals surface area contributed by atoms with Crippen molar-refractivity contribution in [1.29, 1.82) is 0 Å². The highest BCUT2D eigenvalue weighted by atomic mass is 32.1. The van der Waals surface area contributed by atoms with E-state index in [-0.39, 0.29) is 5.91 Å². The molecule has 0 radical (unpaired) electrons. The Hall–Kier alpha value is -0.870. The Kier molecular flexibility index (Phi) is 3.39. The summed E-state index contributed by atoms with van der Waals surface area (Å²) in [7, 11) is 0. The van der Waals surface area contributed by atoms with Crippen LogP contribution in [0.3, 0.4) is 0 Å². The van der Waals surface area contributed by atoms with E-state index in [9.17, 15) is 4.79 Å². The Morgan fingerprint density at radius 3 is 3.00 bits per heavy atom. The van der Waals surface area contributed by atoms with Crippen LogP contribution in [0.15, 0.2) is 6.07 Å². The van der Waals surface area contributed by atoms with Gasteiger partial charge in [-0.05, 0) is 30.9 Å². The summed E-state index contributed by atoms with van der Waals surface area (Å²) in [6.07, 6.45) is 4.91. The van der Waals surface area contributed by atoms with Gasteiger partial charge in [-0.1, -0.05) is 13.3 Å². The van der Waals surface area contributed by atoms with E-state index in [1.54, 1.807) is 11.3 Å². The Morgan fingerprint density at radius 2 is 2.33 bits per heavy atom. The van der Waals surface area contributed by atoms with E-state index in [4.69, 9.17) is 0 Å². The van der Waals surface area contributed by atoms with Crippen LogP contribution in [-0.4, -0.2) is 23.4 Å². The van der Waals surface area contributed by atoms with Crippen molar-refractivity contribution in [2.45, 2.75) is 51.7 Å². The van der Waals surface area contributed by atoms with Crippen LogP contribution in [0.5, 0.6) is 0 Å². The first-order valence-electron chi connectivity index (χ1n) is 6.91. The number of unbranched alkanes of at least 4 members (excludes halogenated alkanes) is 1. The van der Waals surface area contributed by atoms with Gasteiger partial charge in [0.15, 0.2) is 0 Å². The van der Waals surface area contributed by atoms with E-state index in [1.807, 2.05) is 0 Å². The average Bonchev–Trinajstić information content (AvgIpc) is 3.00. The van der Waals surface area contributed by atoms with Crippen molar-refractivity contribution in [2.24, 2.45) is 0 Å². The van der Waals surface area contributed by atoms with Gasteiger partial charge in [0, 0.05) is 30.6 Å². The molecule has 0 unspecified atom stereocenters. The van der Waals surface area contributed by atoms with Crippen molar-refractivity contribution < 1.29 is 4.79 Å². The minimum absolute atomic E-state index is 0.112. The van der Waals surface area contributed by atoms with Crippen LogP contribution in [0.1, 0.15) is 52.7 Å². The average molecular weight is 264 g/mol. The van der Waals surface area contributed by atoms with Gasteiger partial charge in [0.05, 0.1) is 4.88 Å². The summed E-state index contributed by atoms with van der Waals surface area (Å²) in [6, 6.07) is 2.93. The topological polar surface area (TPSA) is 32.3 Å². The fraction of sp³-hybridized carbons (Fsp3) is 0.643. The molecule has 2 aliphatic rings. The van der Waals surface area contributed by atoms with Gasteiger partial charge < -0.3 is 5.32 Å². The Labute approximate surface area is 112 Å². The van der Waals surface area contributed by atoms with Gasteiger partial charge in [-0.25, -0.2) is 0 Å². The molecule has 3 nitrogen and oxygen atoms in total. The normalized spacial score (nSPS) is 18.9. The van der Waals surface area contributed by atoms with Gasteiger partial charge in [0.2, 0.25) is 0 Å². The fourth-order valence-electron chi connectivity index (χ4n) is 2.47. The molecule has 18 heavy (non-hydrogen) atoms. The number of fused-ring (bicyclic) bond motifs is 1. The standard InChI is InChI=1S/C14H20N2OS/c1-2-3-6-15-14(17)12-7-10-8-16(11-4-5-11)9-13(10)18-12/h7,11H,2-6,8-9H2,1H3,(H,15,17). The van der Waals surface area contributed by atoms with E-state index in [1.165, 1.54) is 23.3 Å². The van der Waals surface area contributed by atoms with E-state index in [0.717, 1.165) is 43.4 Å². The molecule has 1 saturated carbocycles. The third kappa shape index (κ3) is 2.45. The minimum Gasteiger partial charge on any atom is -0.351 e. The monoisotopic (exact) mass is 264 g/mol. The summed E-state index contributed by atoms with van der Waals surface area (Å²) >= 11 is 1.68. The van der Waals surface area contributed by atoms with Gasteiger partial charge in [-0.15, -0.1) is 11.3 Å². The third-order valence-corrected chi connectivity index (χ3v) is 4.88. The molecule has 4 heteroatoms. The van der Waals surface area contributed by atoms with Gasteiger partial charge >= 0.3 is 0 Å². The zero-order valence-corrected chi connectivity index (χ0v) is 11.7. The summed E-state index contributed by atoms with van der Waals surface area (Å²) in [5, 5.41) is 2.99. The van der Waals surface area contributed by atoms with Crippen molar-refractivity contribution in [3.63, 3.8) is 0 Å². The second-order valence-corrected chi connectivity index (χ2v) is 6.44. The summed E-state index contributed by atoms with van der Waals surface area (Å²) in [5.74, 6) is 0.112. The van der Waals surface area contributed by atoms with Crippen molar-refractivity contribution in [2.75, 3.05) is 6.54 Å². The molecule has 2 heterocycles. The Bertz CT molecular complexity index is 427. The molecule has 0 atom stereocenters. The van der Waals surface area contributed by atoms with Gasteiger partial charge in [0.25, 0.3) is 5.91 Å². The first kappa shape index (κ1) is 12.2. The first-order chi connectivity index (χ1) is 8.78. The van der Waals surface area contributed by atoms with E-state index in [2.05, 4.69) is 23.2 Å². The number of hydrogen-bond acceptors (Lipinski definition) is 3. The molecule has 0 saturated heterocycles. The van der Waals surface area contributed by atoms with Crippen molar-refractivity contribution in [3.05, 3.63) is 21.4 Å².